The van der Waals surface area contributed by atoms with E-state index in [1.165, 1.54) is 0 Å². The number of hydrogen-bond donors (Lipinski definition) is 0. The lowest BCUT2D eigenvalue weighted by Crippen LogP contribution is -2.57. The summed E-state index contributed by atoms with van der Waals surface area (Å²) in [6.45, 7) is 5.04. The van der Waals surface area contributed by atoms with Gasteiger partial charge >= 0.3 is 6.09 Å². The number of para-hydroxylation sites is 1. The van der Waals surface area contributed by atoms with Crippen molar-refractivity contribution in [2.75, 3.05) is 13.1 Å². The van der Waals surface area contributed by atoms with E-state index in [4.69, 9.17) is 16.3 Å². The van der Waals surface area contributed by atoms with Crippen LogP contribution in [-0.2, 0) is 9.53 Å². The van der Waals surface area contributed by atoms with Crippen LogP contribution < -0.4 is 0 Å². The minimum atomic E-state index is -0.199. The number of ether oxygens (including phenoxy) is 1. The number of ketones is 1. The molecule has 170 valence electrons. The highest BCUT2D eigenvalue weighted by Crippen LogP contribution is 2.61. The topological polar surface area (TPSA) is 64.4 Å². The summed E-state index contributed by atoms with van der Waals surface area (Å²) in [6, 6.07) is 5.93. The fourth-order valence-electron chi connectivity index (χ4n) is 7.58. The van der Waals surface area contributed by atoms with Crippen LogP contribution in [0.5, 0.6) is 0 Å². The second kappa shape index (κ2) is 7.21. The summed E-state index contributed by atoms with van der Waals surface area (Å²) >= 11 is 6.49. The summed E-state index contributed by atoms with van der Waals surface area (Å²) in [5, 5.41) is 0.692. The molecule has 5 aliphatic rings. The summed E-state index contributed by atoms with van der Waals surface area (Å²) < 4.78 is 8.35. The van der Waals surface area contributed by atoms with Gasteiger partial charge in [0.15, 0.2) is 0 Å². The highest BCUT2D eigenvalue weighted by molar-refractivity contribution is 6.35. The number of fused-ring (bicyclic) bond motifs is 1. The van der Waals surface area contributed by atoms with E-state index in [2.05, 4.69) is 9.55 Å². The van der Waals surface area contributed by atoms with Crippen molar-refractivity contribution in [2.45, 2.75) is 64.5 Å². The molecule has 3 atom stereocenters. The lowest BCUT2D eigenvalue weighted by atomic mass is 9.47. The monoisotopic (exact) mass is 455 g/mol. The van der Waals surface area contributed by atoms with Crippen molar-refractivity contribution >= 4 is 34.5 Å². The molecule has 5 fully saturated rings. The van der Waals surface area contributed by atoms with Crippen molar-refractivity contribution in [2.24, 2.45) is 23.2 Å². The second-order valence-corrected chi connectivity index (χ2v) is 11.1. The molecule has 2 unspecified atom stereocenters. The van der Waals surface area contributed by atoms with Crippen LogP contribution in [0.4, 0.5) is 4.79 Å². The van der Waals surface area contributed by atoms with Gasteiger partial charge in [-0.15, -0.1) is 0 Å². The van der Waals surface area contributed by atoms with Gasteiger partial charge < -0.3 is 14.2 Å². The third kappa shape index (κ3) is 3.01. The third-order valence-electron chi connectivity index (χ3n) is 8.79. The standard InChI is InChI=1S/C25H30ClN3O3/c1-14(30)25-10-16-8-17(11-25)23(18(9-16)12-25)32-24(31)28-7-6-19(13-28)29-15(2)27-21-5-3-4-20(26)22(21)29/h3-5,16-19,23H,6-13H2,1-2H3/t16?,17?,18?,19-,23?,25?/m0/s1. The Hall–Kier alpha value is -2.08. The van der Waals surface area contributed by atoms with Crippen molar-refractivity contribution in [1.29, 1.82) is 0 Å². The van der Waals surface area contributed by atoms with Gasteiger partial charge in [0, 0.05) is 18.5 Å². The molecule has 1 aliphatic heterocycles. The Morgan fingerprint density at radius 2 is 1.94 bits per heavy atom. The summed E-state index contributed by atoms with van der Waals surface area (Å²) in [5.41, 5.74) is 1.70. The van der Waals surface area contributed by atoms with Gasteiger partial charge in [0.1, 0.15) is 17.7 Å². The zero-order valence-electron chi connectivity index (χ0n) is 18.7. The predicted octanol–water partition coefficient (Wildman–Crippen LogP) is 5.17. The largest absolute Gasteiger partial charge is 0.446 e. The first-order valence-electron chi connectivity index (χ1n) is 11.9. The highest BCUT2D eigenvalue weighted by atomic mass is 35.5. The molecule has 32 heavy (non-hydrogen) atoms. The van der Waals surface area contributed by atoms with E-state index in [-0.39, 0.29) is 23.7 Å². The molecule has 0 N–H and O–H groups in total. The Labute approximate surface area is 193 Å². The molecule has 0 radical (unpaired) electrons. The van der Waals surface area contributed by atoms with Gasteiger partial charge in [-0.25, -0.2) is 9.78 Å². The predicted molar refractivity (Wildman–Crippen MR) is 122 cm³/mol. The van der Waals surface area contributed by atoms with Crippen molar-refractivity contribution in [3.05, 3.63) is 29.0 Å². The van der Waals surface area contributed by atoms with E-state index >= 15 is 0 Å². The molecule has 1 amide bonds. The number of imidazole rings is 1. The van der Waals surface area contributed by atoms with Gasteiger partial charge in [0.05, 0.1) is 22.1 Å². The van der Waals surface area contributed by atoms with Crippen LogP contribution in [0, 0.1) is 30.1 Å². The molecule has 7 rings (SSSR count). The molecule has 1 aromatic carbocycles. The average molecular weight is 456 g/mol. The molecule has 4 aliphatic carbocycles. The molecule has 7 heteroatoms. The number of Topliss-reactive ketones (excluding diaryl/α,β-unsaturated/α-hetero) is 1. The van der Waals surface area contributed by atoms with Gasteiger partial charge in [0.2, 0.25) is 0 Å². The minimum Gasteiger partial charge on any atom is -0.446 e. The van der Waals surface area contributed by atoms with Crippen LogP contribution in [0.15, 0.2) is 18.2 Å². The van der Waals surface area contributed by atoms with Crippen molar-refractivity contribution in [1.82, 2.24) is 14.5 Å². The maximum atomic E-state index is 13.2. The molecular formula is C25H30ClN3O3. The highest BCUT2D eigenvalue weighted by Gasteiger charge is 2.58. The Bertz CT molecular complexity index is 1100. The molecule has 4 saturated carbocycles. The second-order valence-electron chi connectivity index (χ2n) is 10.7. The molecular weight excluding hydrogens is 426 g/mol. The molecule has 6 nitrogen and oxygen atoms in total. The Kier molecular flexibility index (Phi) is 4.62. The summed E-state index contributed by atoms with van der Waals surface area (Å²) in [6.07, 6.45) is 5.68. The Morgan fingerprint density at radius 1 is 1.19 bits per heavy atom. The quantitative estimate of drug-likeness (QED) is 0.640. The molecule has 1 aromatic heterocycles. The fourth-order valence-corrected chi connectivity index (χ4v) is 7.84. The number of nitrogens with zero attached hydrogens (tertiary/aromatic N) is 3. The van der Waals surface area contributed by atoms with E-state index in [9.17, 15) is 9.59 Å². The first-order chi connectivity index (χ1) is 15.3. The van der Waals surface area contributed by atoms with E-state index < -0.39 is 0 Å². The first kappa shape index (κ1) is 20.5. The smallest absolute Gasteiger partial charge is 0.410 e. The van der Waals surface area contributed by atoms with Crippen LogP contribution in [0.2, 0.25) is 5.02 Å². The average Bonchev–Trinajstić information content (AvgIpc) is 3.34. The number of aromatic nitrogens is 2. The number of aryl methyl sites for hydroxylation is 1. The number of halogens is 1. The summed E-state index contributed by atoms with van der Waals surface area (Å²) in [7, 11) is 0. The molecule has 0 spiro atoms. The fraction of sp³-hybridized carbons (Fsp3) is 0.640. The van der Waals surface area contributed by atoms with Gasteiger partial charge in [-0.1, -0.05) is 17.7 Å². The van der Waals surface area contributed by atoms with Gasteiger partial charge in [-0.05, 0) is 82.3 Å². The lowest BCUT2D eigenvalue weighted by Gasteiger charge is -2.58. The zero-order chi connectivity index (χ0) is 22.2. The summed E-state index contributed by atoms with van der Waals surface area (Å²) in [5.74, 6) is 2.57. The number of carbonyl (C=O) groups is 2. The SMILES string of the molecule is CC(=O)C12CC3CC(C1)C(OC(=O)N1CC[C@H](n4c(C)nc5cccc(Cl)c54)C1)C(C3)C2. The lowest BCUT2D eigenvalue weighted by molar-refractivity contribution is -0.160. The number of amides is 1. The van der Waals surface area contributed by atoms with E-state index in [1.54, 1.807) is 6.92 Å². The third-order valence-corrected chi connectivity index (χ3v) is 9.10. The zero-order valence-corrected chi connectivity index (χ0v) is 19.5. The maximum absolute atomic E-state index is 13.2. The van der Waals surface area contributed by atoms with Crippen molar-refractivity contribution in [3.8, 4) is 0 Å². The molecule has 2 aromatic rings. The van der Waals surface area contributed by atoms with E-state index in [0.29, 0.717) is 41.6 Å². The minimum absolute atomic E-state index is 0.0316. The molecule has 4 bridgehead atoms. The van der Waals surface area contributed by atoms with Gasteiger partial charge in [0.25, 0.3) is 0 Å². The number of carbonyl (C=O) groups excluding carboxylic acids is 2. The van der Waals surface area contributed by atoms with Crippen LogP contribution in [0.25, 0.3) is 11.0 Å². The Morgan fingerprint density at radius 3 is 2.66 bits per heavy atom. The number of likely N-dealkylation sites (tertiary alicyclic amines) is 1. The molecule has 2 heterocycles. The van der Waals surface area contributed by atoms with Crippen LogP contribution in [-0.4, -0.2) is 45.5 Å². The van der Waals surface area contributed by atoms with Crippen LogP contribution in [0.1, 0.15) is 57.3 Å². The van der Waals surface area contributed by atoms with Crippen LogP contribution in [0.3, 0.4) is 0 Å². The van der Waals surface area contributed by atoms with Gasteiger partial charge in [-0.3, -0.25) is 4.79 Å². The number of hydrogen-bond acceptors (Lipinski definition) is 4. The van der Waals surface area contributed by atoms with Gasteiger partial charge in [-0.2, -0.15) is 0 Å². The number of rotatable bonds is 3. The van der Waals surface area contributed by atoms with Crippen molar-refractivity contribution in [3.63, 3.8) is 0 Å². The Balaban J connectivity index is 1.17. The van der Waals surface area contributed by atoms with Crippen molar-refractivity contribution < 1.29 is 14.3 Å². The number of benzene rings is 1. The first-order valence-corrected chi connectivity index (χ1v) is 12.3. The van der Waals surface area contributed by atoms with E-state index in [0.717, 1.165) is 55.4 Å². The van der Waals surface area contributed by atoms with Crippen LogP contribution >= 0.6 is 11.6 Å². The normalized spacial score (nSPS) is 35.6. The van der Waals surface area contributed by atoms with E-state index in [1.807, 2.05) is 30.0 Å². The molecule has 1 saturated heterocycles. The maximum Gasteiger partial charge on any atom is 0.410 e. The summed E-state index contributed by atoms with van der Waals surface area (Å²) in [4.78, 5) is 32.1.